The largest absolute Gasteiger partial charge is 0.550 e. The summed E-state index contributed by atoms with van der Waals surface area (Å²) in [6.45, 7) is 0.505. The number of carboxylic acids is 1. The first-order chi connectivity index (χ1) is 6.75. The van der Waals surface area contributed by atoms with Crippen molar-refractivity contribution in [3.8, 4) is 5.75 Å². The molecule has 82 valence electrons. The number of fused-ring (bicyclic) bond motifs is 1. The van der Waals surface area contributed by atoms with Gasteiger partial charge in [-0.15, -0.1) is 12.4 Å². The Hall–Kier alpha value is -1.42. The van der Waals surface area contributed by atoms with E-state index in [9.17, 15) is 9.90 Å². The van der Waals surface area contributed by atoms with E-state index < -0.39 is 5.97 Å². The van der Waals surface area contributed by atoms with Crippen molar-refractivity contribution in [2.75, 3.05) is 11.9 Å². The molecule has 15 heavy (non-hydrogen) atoms. The van der Waals surface area contributed by atoms with E-state index in [1.807, 2.05) is 24.3 Å². The number of aliphatic carboxylic acids is 1. The minimum atomic E-state index is -1.09. The molecule has 4 nitrogen and oxygen atoms in total. The maximum atomic E-state index is 10.4. The van der Waals surface area contributed by atoms with Gasteiger partial charge in [0.1, 0.15) is 11.9 Å². The summed E-state index contributed by atoms with van der Waals surface area (Å²) in [4.78, 5) is 10.4. The zero-order valence-electron chi connectivity index (χ0n) is 7.93. The van der Waals surface area contributed by atoms with Gasteiger partial charge in [0, 0.05) is 12.4 Å². The Morgan fingerprint density at radius 3 is 3.00 bits per heavy atom. The lowest BCUT2D eigenvalue weighted by molar-refractivity contribution is -0.307. The van der Waals surface area contributed by atoms with E-state index in [0.29, 0.717) is 12.3 Å². The molecule has 1 aliphatic heterocycles. The lowest BCUT2D eigenvalue weighted by atomic mass is 10.2. The molecule has 0 saturated carbocycles. The van der Waals surface area contributed by atoms with Gasteiger partial charge in [0.05, 0.1) is 12.2 Å². The van der Waals surface area contributed by atoms with E-state index in [1.54, 1.807) is 0 Å². The molecule has 1 aliphatic rings. The van der Waals surface area contributed by atoms with Gasteiger partial charge in [0.2, 0.25) is 0 Å². The lowest BCUT2D eigenvalue weighted by Gasteiger charge is -2.27. The number of ether oxygens (including phenoxy) is 1. The maximum absolute atomic E-state index is 10.4. The van der Waals surface area contributed by atoms with Crippen LogP contribution in [-0.4, -0.2) is 18.6 Å². The molecule has 1 aromatic rings. The summed E-state index contributed by atoms with van der Waals surface area (Å²) in [5.41, 5.74) is 0.905. The summed E-state index contributed by atoms with van der Waals surface area (Å²) in [7, 11) is 0. The van der Waals surface area contributed by atoms with E-state index in [2.05, 4.69) is 5.32 Å². The fourth-order valence-electron chi connectivity index (χ4n) is 1.46. The van der Waals surface area contributed by atoms with Gasteiger partial charge in [-0.3, -0.25) is 0 Å². The summed E-state index contributed by atoms with van der Waals surface area (Å²) in [5, 5.41) is 13.5. The highest BCUT2D eigenvalue weighted by Gasteiger charge is 2.18. The zero-order chi connectivity index (χ0) is 9.97. The second-order valence-electron chi connectivity index (χ2n) is 3.19. The second-order valence-corrected chi connectivity index (χ2v) is 3.19. The third kappa shape index (κ3) is 2.76. The average molecular weight is 229 g/mol. The van der Waals surface area contributed by atoms with Gasteiger partial charge in [0.15, 0.2) is 0 Å². The topological polar surface area (TPSA) is 61.4 Å². The van der Waals surface area contributed by atoms with Crippen LogP contribution in [0.3, 0.4) is 0 Å². The van der Waals surface area contributed by atoms with Gasteiger partial charge in [-0.1, -0.05) is 12.1 Å². The fraction of sp³-hybridized carbons (Fsp3) is 0.300. The van der Waals surface area contributed by atoms with Crippen LogP contribution < -0.4 is 15.2 Å². The van der Waals surface area contributed by atoms with Crippen molar-refractivity contribution in [1.29, 1.82) is 0 Å². The molecule has 0 spiro atoms. The summed E-state index contributed by atoms with van der Waals surface area (Å²) >= 11 is 0. The molecule has 0 amide bonds. The number of carbonyl (C=O) groups excluding carboxylic acids is 1. The second kappa shape index (κ2) is 4.89. The molecule has 1 N–H and O–H groups in total. The number of halogens is 1. The Bertz CT molecular complexity index is 356. The number of benzene rings is 1. The van der Waals surface area contributed by atoms with Crippen molar-refractivity contribution in [2.24, 2.45) is 0 Å². The van der Waals surface area contributed by atoms with Crippen LogP contribution >= 0.6 is 12.4 Å². The van der Waals surface area contributed by atoms with Crippen LogP contribution in [-0.2, 0) is 4.79 Å². The highest BCUT2D eigenvalue weighted by Crippen LogP contribution is 2.28. The van der Waals surface area contributed by atoms with Crippen LogP contribution in [0.5, 0.6) is 5.75 Å². The molecule has 1 heterocycles. The molecule has 0 bridgehead atoms. The Morgan fingerprint density at radius 1 is 1.53 bits per heavy atom. The molecule has 1 atom stereocenters. The van der Waals surface area contributed by atoms with Crippen LogP contribution in [0.15, 0.2) is 24.3 Å². The first-order valence-electron chi connectivity index (χ1n) is 4.45. The van der Waals surface area contributed by atoms with Crippen molar-refractivity contribution >= 4 is 24.1 Å². The van der Waals surface area contributed by atoms with Gasteiger partial charge in [-0.25, -0.2) is 0 Å². The van der Waals surface area contributed by atoms with Crippen LogP contribution in [0.2, 0.25) is 0 Å². The lowest BCUT2D eigenvalue weighted by Crippen LogP contribution is -2.37. The molecular formula is C10H11ClNO3-. The third-order valence-corrected chi connectivity index (χ3v) is 2.10. The van der Waals surface area contributed by atoms with Crippen molar-refractivity contribution in [3.63, 3.8) is 0 Å². The van der Waals surface area contributed by atoms with E-state index in [4.69, 9.17) is 4.74 Å². The van der Waals surface area contributed by atoms with Crippen LogP contribution in [0.4, 0.5) is 5.69 Å². The quantitative estimate of drug-likeness (QED) is 0.797. The molecule has 0 radical (unpaired) electrons. The van der Waals surface area contributed by atoms with Crippen LogP contribution in [0.25, 0.3) is 0 Å². The predicted molar refractivity (Wildman–Crippen MR) is 56.2 cm³/mol. The van der Waals surface area contributed by atoms with Gasteiger partial charge in [-0.2, -0.15) is 0 Å². The van der Waals surface area contributed by atoms with Crippen LogP contribution in [0, 0.1) is 0 Å². The van der Waals surface area contributed by atoms with E-state index in [0.717, 1.165) is 5.69 Å². The zero-order valence-corrected chi connectivity index (χ0v) is 8.75. The fourth-order valence-corrected chi connectivity index (χ4v) is 1.46. The molecule has 2 rings (SSSR count). The molecule has 1 aromatic carbocycles. The number of nitrogens with one attached hydrogen (secondary N) is 1. The number of hydrogen-bond acceptors (Lipinski definition) is 4. The van der Waals surface area contributed by atoms with Crippen molar-refractivity contribution in [1.82, 2.24) is 0 Å². The Kier molecular flexibility index (Phi) is 3.80. The minimum Gasteiger partial charge on any atom is -0.550 e. The smallest absolute Gasteiger partial charge is 0.142 e. The van der Waals surface area contributed by atoms with Crippen molar-refractivity contribution < 1.29 is 14.6 Å². The van der Waals surface area contributed by atoms with Crippen molar-refractivity contribution in [3.05, 3.63) is 24.3 Å². The number of para-hydroxylation sites is 2. The molecule has 0 aliphatic carbocycles. The molecule has 0 saturated heterocycles. The van der Waals surface area contributed by atoms with Crippen LogP contribution in [0.1, 0.15) is 6.42 Å². The SMILES string of the molecule is Cl.O=C([O-])CC1CNc2ccccc2O1. The standard InChI is InChI=1S/C10H11NO3.ClH/c12-10(13)5-7-6-11-8-3-1-2-4-9(8)14-7;/h1-4,7,11H,5-6H2,(H,12,13);1H/p-1. The summed E-state index contributed by atoms with van der Waals surface area (Å²) in [6.07, 6.45) is -0.420. The number of hydrogen-bond donors (Lipinski definition) is 1. The first-order valence-corrected chi connectivity index (χ1v) is 4.45. The Labute approximate surface area is 93.7 Å². The number of rotatable bonds is 2. The first kappa shape index (κ1) is 11.7. The molecule has 1 unspecified atom stereocenters. The average Bonchev–Trinajstić information content (AvgIpc) is 2.17. The minimum absolute atomic E-state index is 0. The third-order valence-electron chi connectivity index (χ3n) is 2.10. The summed E-state index contributed by atoms with van der Waals surface area (Å²) in [5.74, 6) is -0.388. The number of carbonyl (C=O) groups is 1. The monoisotopic (exact) mass is 228 g/mol. The highest BCUT2D eigenvalue weighted by atomic mass is 35.5. The number of anilines is 1. The Balaban J connectivity index is 0.00000112. The van der Waals surface area contributed by atoms with Gasteiger partial charge in [-0.05, 0) is 12.1 Å². The van der Waals surface area contributed by atoms with Gasteiger partial charge >= 0.3 is 0 Å². The molecule has 5 heteroatoms. The van der Waals surface area contributed by atoms with Crippen molar-refractivity contribution in [2.45, 2.75) is 12.5 Å². The highest BCUT2D eigenvalue weighted by molar-refractivity contribution is 5.85. The molecular weight excluding hydrogens is 218 g/mol. The molecule has 0 aromatic heterocycles. The maximum Gasteiger partial charge on any atom is 0.142 e. The summed E-state index contributed by atoms with van der Waals surface area (Å²) in [6, 6.07) is 7.45. The van der Waals surface area contributed by atoms with Gasteiger partial charge < -0.3 is 20.0 Å². The van der Waals surface area contributed by atoms with Gasteiger partial charge in [0.25, 0.3) is 0 Å². The Morgan fingerprint density at radius 2 is 2.27 bits per heavy atom. The van der Waals surface area contributed by atoms with E-state index >= 15 is 0 Å². The van der Waals surface area contributed by atoms with E-state index in [-0.39, 0.29) is 24.9 Å². The molecule has 0 fully saturated rings. The predicted octanol–water partition coefficient (Wildman–Crippen LogP) is 0.421. The van der Waals surface area contributed by atoms with E-state index in [1.165, 1.54) is 0 Å². The number of carboxylic acid groups (broad SMARTS) is 1. The summed E-state index contributed by atoms with van der Waals surface area (Å²) < 4.78 is 5.46. The normalized spacial score (nSPS) is 17.7.